The first-order valence-corrected chi connectivity index (χ1v) is 4.09. The molecule has 0 saturated carbocycles. The predicted molar refractivity (Wildman–Crippen MR) is 38.2 cm³/mol. The number of rotatable bonds is 0. The van der Waals surface area contributed by atoms with E-state index in [1.54, 1.807) is 0 Å². The second kappa shape index (κ2) is 1.18. The Bertz CT molecular complexity index is 131. The van der Waals surface area contributed by atoms with E-state index in [1.165, 1.54) is 0 Å². The molecule has 1 fully saturated rings. The van der Waals surface area contributed by atoms with Gasteiger partial charge in [-0.05, 0) is 27.7 Å². The number of nitrogens with one attached hydrogen (secondary N) is 1. The van der Waals surface area contributed by atoms with Crippen molar-refractivity contribution < 1.29 is 0 Å². The molecule has 0 aromatic heterocycles. The molecule has 0 spiro atoms. The molecular weight excluding hydrogens is 118 g/mol. The van der Waals surface area contributed by atoms with Gasteiger partial charge in [-0.25, -0.2) is 0 Å². The van der Waals surface area contributed by atoms with Crippen LogP contribution in [0.15, 0.2) is 0 Å². The van der Waals surface area contributed by atoms with Crippen molar-refractivity contribution in [3.8, 4) is 0 Å². The summed E-state index contributed by atoms with van der Waals surface area (Å²) in [6, 6.07) is 0. The lowest BCUT2D eigenvalue weighted by molar-refractivity contribution is 0.652. The lowest BCUT2D eigenvalue weighted by atomic mass is 10.0. The van der Waals surface area contributed by atoms with E-state index in [9.17, 15) is 0 Å². The first kappa shape index (κ1) is 6.27. The molecule has 8 heavy (non-hydrogen) atoms. The maximum Gasteiger partial charge on any atom is 0.0365 e. The Balaban J connectivity index is 2.88. The van der Waals surface area contributed by atoms with Gasteiger partial charge < -0.3 is 0 Å². The first-order valence-electron chi connectivity index (χ1n) is 2.86. The van der Waals surface area contributed by atoms with Crippen LogP contribution >= 0.6 is 0 Å². The second-order valence-corrected chi connectivity index (χ2v) is 5.98. The first-order chi connectivity index (χ1) is 3.40. The van der Waals surface area contributed by atoms with Crippen LogP contribution in [-0.2, 0) is 10.7 Å². The van der Waals surface area contributed by atoms with Crippen molar-refractivity contribution in [1.29, 1.82) is 4.78 Å². The molecule has 0 atom stereocenters. The molecule has 48 valence electrons. The molecule has 0 aromatic rings. The second-order valence-electron chi connectivity index (χ2n) is 3.33. The average Bonchev–Trinajstić information content (AvgIpc) is 1.88. The Labute approximate surface area is 53.4 Å². The molecule has 1 aliphatic rings. The molecule has 0 amide bonds. The van der Waals surface area contributed by atoms with E-state index in [2.05, 4.69) is 27.7 Å². The summed E-state index contributed by atoms with van der Waals surface area (Å²) in [6.07, 6.45) is 0. The summed E-state index contributed by atoms with van der Waals surface area (Å²) in [5.41, 5.74) is 0. The van der Waals surface area contributed by atoms with Crippen LogP contribution in [0.2, 0.25) is 0 Å². The topological polar surface area (TPSA) is 23.9 Å². The fraction of sp³-hybridized carbons (Fsp3) is 1.00. The Kier molecular flexibility index (Phi) is 0.924. The zero-order valence-corrected chi connectivity index (χ0v) is 6.72. The fourth-order valence-electron chi connectivity index (χ4n) is 0.837. The predicted octanol–water partition coefficient (Wildman–Crippen LogP) is 1.94. The molecule has 2 heteroatoms. The minimum absolute atomic E-state index is 0.0818. The summed E-state index contributed by atoms with van der Waals surface area (Å²) in [6.45, 7) is 8.68. The van der Waals surface area contributed by atoms with E-state index < -0.39 is 0 Å². The number of hydrogen-bond donors (Lipinski definition) is 1. The van der Waals surface area contributed by atoms with Gasteiger partial charge in [-0.2, -0.15) is 0 Å². The molecule has 1 rings (SSSR count). The summed E-state index contributed by atoms with van der Waals surface area (Å²) in [7, 11) is -0.0818. The molecule has 0 unspecified atom stereocenters. The third-order valence-corrected chi connectivity index (χ3v) is 5.29. The van der Waals surface area contributed by atoms with Crippen molar-refractivity contribution in [3.63, 3.8) is 0 Å². The Morgan fingerprint density at radius 1 is 1.00 bits per heavy atom. The van der Waals surface area contributed by atoms with Gasteiger partial charge in [0.15, 0.2) is 0 Å². The van der Waals surface area contributed by atoms with Crippen LogP contribution in [0, 0.1) is 4.78 Å². The third-order valence-electron chi connectivity index (χ3n) is 2.43. The van der Waals surface area contributed by atoms with Crippen molar-refractivity contribution in [2.24, 2.45) is 0 Å². The average molecular weight is 131 g/mol. The van der Waals surface area contributed by atoms with Crippen LogP contribution in [0.4, 0.5) is 0 Å². The van der Waals surface area contributed by atoms with Crippen LogP contribution in [0.1, 0.15) is 27.7 Å². The summed E-state index contributed by atoms with van der Waals surface area (Å²) >= 11 is 0. The zero-order chi connectivity index (χ0) is 6.58. The maximum atomic E-state index is 7.53. The van der Waals surface area contributed by atoms with Gasteiger partial charge in [-0.3, -0.25) is 4.78 Å². The molecular formula is C6H13NS. The third kappa shape index (κ3) is 0.445. The van der Waals surface area contributed by atoms with E-state index in [0.717, 1.165) is 0 Å². The molecule has 1 aliphatic heterocycles. The van der Waals surface area contributed by atoms with Crippen LogP contribution in [0.5, 0.6) is 0 Å². The highest BCUT2D eigenvalue weighted by Crippen LogP contribution is 2.51. The van der Waals surface area contributed by atoms with Gasteiger partial charge in [0.1, 0.15) is 0 Å². The molecule has 1 N–H and O–H groups in total. The normalized spacial score (nSPS) is 32.5. The van der Waals surface area contributed by atoms with Gasteiger partial charge in [0.2, 0.25) is 0 Å². The molecule has 0 radical (unpaired) electrons. The molecule has 1 saturated heterocycles. The Morgan fingerprint density at radius 3 is 1.12 bits per heavy atom. The zero-order valence-electron chi connectivity index (χ0n) is 5.91. The minimum Gasteiger partial charge on any atom is -0.279 e. The molecule has 0 bridgehead atoms. The minimum atomic E-state index is -0.0818. The highest BCUT2D eigenvalue weighted by Gasteiger charge is 2.59. The van der Waals surface area contributed by atoms with Gasteiger partial charge >= 0.3 is 0 Å². The molecule has 1 nitrogen and oxygen atoms in total. The van der Waals surface area contributed by atoms with Crippen LogP contribution in [0.25, 0.3) is 0 Å². The van der Waals surface area contributed by atoms with Crippen LogP contribution in [-0.4, -0.2) is 9.49 Å². The smallest absolute Gasteiger partial charge is 0.0365 e. The van der Waals surface area contributed by atoms with Crippen molar-refractivity contribution in [2.75, 3.05) is 0 Å². The molecule has 1 heterocycles. The van der Waals surface area contributed by atoms with E-state index in [1.807, 2.05) is 0 Å². The van der Waals surface area contributed by atoms with E-state index in [4.69, 9.17) is 4.78 Å². The fourth-order valence-corrected chi connectivity index (χ4v) is 2.64. The highest BCUT2D eigenvalue weighted by atomic mass is 32.2. The SMILES string of the molecule is CC1(C)S(=N)C1(C)C. The van der Waals surface area contributed by atoms with Crippen molar-refractivity contribution >= 4 is 10.7 Å². The summed E-state index contributed by atoms with van der Waals surface area (Å²) < 4.78 is 8.12. The van der Waals surface area contributed by atoms with Gasteiger partial charge in [-0.1, -0.05) is 10.7 Å². The summed E-state index contributed by atoms with van der Waals surface area (Å²) in [5, 5.41) is 0. The van der Waals surface area contributed by atoms with Gasteiger partial charge in [0.05, 0.1) is 0 Å². The largest absolute Gasteiger partial charge is 0.279 e. The lowest BCUT2D eigenvalue weighted by Gasteiger charge is -1.99. The summed E-state index contributed by atoms with van der Waals surface area (Å²) in [5.74, 6) is 0. The molecule has 0 aliphatic carbocycles. The standard InChI is InChI=1S/C6H13NS/c1-5(2)6(3,4)8(5)7/h7H,1-4H3. The van der Waals surface area contributed by atoms with Crippen LogP contribution in [0.3, 0.4) is 0 Å². The van der Waals surface area contributed by atoms with E-state index in [-0.39, 0.29) is 10.7 Å². The monoisotopic (exact) mass is 131 g/mol. The van der Waals surface area contributed by atoms with Gasteiger partial charge in [0.25, 0.3) is 0 Å². The Hall–Kier alpha value is 0.150. The van der Waals surface area contributed by atoms with Crippen molar-refractivity contribution in [1.82, 2.24) is 0 Å². The maximum absolute atomic E-state index is 7.53. The van der Waals surface area contributed by atoms with E-state index >= 15 is 0 Å². The Morgan fingerprint density at radius 2 is 1.12 bits per heavy atom. The van der Waals surface area contributed by atoms with Crippen molar-refractivity contribution in [2.45, 2.75) is 37.2 Å². The molecule has 0 aromatic carbocycles. The van der Waals surface area contributed by atoms with Crippen molar-refractivity contribution in [3.05, 3.63) is 0 Å². The van der Waals surface area contributed by atoms with E-state index in [0.29, 0.717) is 9.49 Å². The quantitative estimate of drug-likeness (QED) is 0.486. The lowest BCUT2D eigenvalue weighted by Crippen LogP contribution is -2.10. The summed E-state index contributed by atoms with van der Waals surface area (Å²) in [4.78, 5) is 0. The van der Waals surface area contributed by atoms with Gasteiger partial charge in [-0.15, -0.1) is 0 Å². The van der Waals surface area contributed by atoms with Gasteiger partial charge in [0, 0.05) is 9.49 Å². The number of hydrogen-bond acceptors (Lipinski definition) is 1. The highest BCUT2D eigenvalue weighted by molar-refractivity contribution is 7.96. The van der Waals surface area contributed by atoms with Crippen LogP contribution < -0.4 is 0 Å².